The highest BCUT2D eigenvalue weighted by Crippen LogP contribution is 2.55. The molecule has 4 aromatic rings. The van der Waals surface area contributed by atoms with Crippen molar-refractivity contribution in [2.45, 2.75) is 26.3 Å². The first-order valence-corrected chi connectivity index (χ1v) is 14.4. The van der Waals surface area contributed by atoms with Crippen molar-refractivity contribution in [3.05, 3.63) is 74.4 Å². The molecule has 3 aromatic carbocycles. The molecule has 2 aliphatic rings. The zero-order chi connectivity index (χ0) is 26.1. The van der Waals surface area contributed by atoms with Gasteiger partial charge in [-0.05, 0) is 44.4 Å². The van der Waals surface area contributed by atoms with Gasteiger partial charge in [0.15, 0.2) is 0 Å². The van der Waals surface area contributed by atoms with E-state index >= 15 is 0 Å². The van der Waals surface area contributed by atoms with Gasteiger partial charge >= 0.3 is 0 Å². The second kappa shape index (κ2) is 8.58. The third-order valence-electron chi connectivity index (χ3n) is 6.94. The van der Waals surface area contributed by atoms with Crippen LogP contribution in [0, 0.1) is 3.82 Å². The summed E-state index contributed by atoms with van der Waals surface area (Å²) in [4.78, 5) is 44.9. The number of anilines is 1. The van der Waals surface area contributed by atoms with Gasteiger partial charge in [-0.1, -0.05) is 69.3 Å². The van der Waals surface area contributed by atoms with Crippen molar-refractivity contribution in [1.29, 1.82) is 0 Å². The molecule has 0 saturated carbocycles. The van der Waals surface area contributed by atoms with Gasteiger partial charge in [0.25, 0.3) is 11.8 Å². The van der Waals surface area contributed by atoms with Gasteiger partial charge < -0.3 is 4.74 Å². The molecular formula is C28H22N2O4S3. The van der Waals surface area contributed by atoms with Gasteiger partial charge in [-0.15, -0.1) is 0 Å². The molecule has 186 valence electrons. The number of nitrogens with zero attached hydrogens (tertiary/aromatic N) is 2. The van der Waals surface area contributed by atoms with Crippen molar-refractivity contribution in [1.82, 2.24) is 4.90 Å². The minimum atomic E-state index is -0.773. The molecule has 2 aliphatic heterocycles. The molecule has 1 aromatic heterocycles. The fourth-order valence-corrected chi connectivity index (χ4v) is 8.65. The number of rotatable bonds is 4. The van der Waals surface area contributed by atoms with Crippen molar-refractivity contribution in [3.8, 4) is 16.9 Å². The number of amides is 3. The molecule has 0 radical (unpaired) electrons. The molecule has 0 bridgehead atoms. The lowest BCUT2D eigenvalue weighted by molar-refractivity contribution is -0.120. The van der Waals surface area contributed by atoms with Crippen LogP contribution in [0.4, 0.5) is 5.69 Å². The molecule has 0 spiro atoms. The number of hydrogen-bond donors (Lipinski definition) is 0. The summed E-state index contributed by atoms with van der Waals surface area (Å²) in [6.45, 7) is 5.84. The number of ether oxygens (including phenoxy) is 1. The first-order valence-electron chi connectivity index (χ1n) is 11.9. The van der Waals surface area contributed by atoms with E-state index in [9.17, 15) is 14.4 Å². The predicted octanol–water partition coefficient (Wildman–Crippen LogP) is 6.64. The Labute approximate surface area is 226 Å². The van der Waals surface area contributed by atoms with Crippen molar-refractivity contribution in [3.63, 3.8) is 0 Å². The predicted molar refractivity (Wildman–Crippen MR) is 149 cm³/mol. The smallest absolute Gasteiger partial charge is 0.261 e. The van der Waals surface area contributed by atoms with E-state index in [-0.39, 0.29) is 5.91 Å². The molecule has 3 heterocycles. The van der Waals surface area contributed by atoms with Crippen molar-refractivity contribution < 1.29 is 19.1 Å². The second-order valence-corrected chi connectivity index (χ2v) is 12.3. The average Bonchev–Trinajstić information content (AvgIpc) is 3.28. The van der Waals surface area contributed by atoms with Gasteiger partial charge in [0.2, 0.25) is 5.91 Å². The Balaban J connectivity index is 1.47. The quantitative estimate of drug-likeness (QED) is 0.163. The molecule has 37 heavy (non-hydrogen) atoms. The van der Waals surface area contributed by atoms with Gasteiger partial charge in [0.1, 0.15) is 16.1 Å². The number of carbonyl (C=O) groups is 3. The molecule has 9 heteroatoms. The van der Waals surface area contributed by atoms with Crippen LogP contribution in [0.3, 0.4) is 0 Å². The molecule has 0 unspecified atom stereocenters. The van der Waals surface area contributed by atoms with Crippen molar-refractivity contribution >= 4 is 67.1 Å². The van der Waals surface area contributed by atoms with E-state index < -0.39 is 23.9 Å². The Morgan fingerprint density at radius 1 is 0.946 bits per heavy atom. The Kier molecular flexibility index (Phi) is 5.56. The Morgan fingerprint density at radius 2 is 1.57 bits per heavy atom. The maximum atomic E-state index is 14.2. The molecular weight excluding hydrogens is 525 g/mol. The minimum Gasteiger partial charge on any atom is -0.492 e. The maximum Gasteiger partial charge on any atom is 0.261 e. The van der Waals surface area contributed by atoms with Crippen LogP contribution in [0.5, 0.6) is 5.75 Å². The van der Waals surface area contributed by atoms with Gasteiger partial charge in [-0.25, -0.2) is 0 Å². The lowest BCUT2D eigenvalue weighted by Gasteiger charge is -2.44. The molecule has 0 saturated heterocycles. The van der Waals surface area contributed by atoms with E-state index in [0.717, 1.165) is 30.1 Å². The molecule has 3 amide bonds. The van der Waals surface area contributed by atoms with E-state index in [1.54, 1.807) is 39.5 Å². The van der Waals surface area contributed by atoms with Crippen LogP contribution >= 0.6 is 32.9 Å². The standard InChI is InChI=1S/C28H22N2O4S3/c1-4-34-19-13-7-10-16-22-24(36-37-27(22)35)28(2,3)30(23(16)19)20(31)14-29-25(32)17-11-5-8-15-9-6-12-18(21(15)17)26(29)33/h5-13H,4,14H2,1-3H3. The van der Waals surface area contributed by atoms with E-state index in [1.165, 1.54) is 10.3 Å². The average molecular weight is 547 g/mol. The van der Waals surface area contributed by atoms with Crippen LogP contribution in [0.2, 0.25) is 0 Å². The summed E-state index contributed by atoms with van der Waals surface area (Å²) in [7, 11) is 3.06. The Bertz CT molecular complexity index is 1650. The summed E-state index contributed by atoms with van der Waals surface area (Å²) in [5, 5.41) is 1.45. The summed E-state index contributed by atoms with van der Waals surface area (Å²) in [6, 6.07) is 16.4. The lowest BCUT2D eigenvalue weighted by Crippen LogP contribution is -2.53. The lowest BCUT2D eigenvalue weighted by atomic mass is 9.87. The van der Waals surface area contributed by atoms with Crippen LogP contribution in [-0.4, -0.2) is 35.8 Å². The number of para-hydroxylation sites is 1. The summed E-state index contributed by atoms with van der Waals surface area (Å²) >= 11 is 5.68. The molecule has 0 N–H and O–H groups in total. The van der Waals surface area contributed by atoms with Crippen LogP contribution in [0.25, 0.3) is 21.9 Å². The minimum absolute atomic E-state index is 0.373. The van der Waals surface area contributed by atoms with E-state index in [2.05, 4.69) is 0 Å². The zero-order valence-electron chi connectivity index (χ0n) is 20.4. The van der Waals surface area contributed by atoms with E-state index in [1.807, 2.05) is 51.1 Å². The van der Waals surface area contributed by atoms with Gasteiger partial charge in [0.05, 0.1) is 22.7 Å². The maximum absolute atomic E-state index is 14.2. The number of carbonyl (C=O) groups excluding carboxylic acids is 3. The van der Waals surface area contributed by atoms with Crippen LogP contribution < -0.4 is 9.64 Å². The topological polar surface area (TPSA) is 66.9 Å². The number of benzene rings is 3. The van der Waals surface area contributed by atoms with E-state index in [4.69, 9.17) is 17.0 Å². The fourth-order valence-electron chi connectivity index (χ4n) is 5.37. The summed E-state index contributed by atoms with van der Waals surface area (Å²) in [6.07, 6.45) is 0. The molecule has 6 rings (SSSR count). The molecule has 6 nitrogen and oxygen atoms in total. The normalized spacial score (nSPS) is 15.5. The second-order valence-electron chi connectivity index (χ2n) is 9.44. The van der Waals surface area contributed by atoms with Crippen molar-refractivity contribution in [2.75, 3.05) is 18.1 Å². The summed E-state index contributed by atoms with van der Waals surface area (Å²) in [5.74, 6) is -0.754. The largest absolute Gasteiger partial charge is 0.492 e. The van der Waals surface area contributed by atoms with Crippen LogP contribution in [-0.2, 0) is 10.3 Å². The van der Waals surface area contributed by atoms with Gasteiger partial charge in [0, 0.05) is 27.6 Å². The highest BCUT2D eigenvalue weighted by Gasteiger charge is 2.46. The SMILES string of the molecule is CCOc1cccc2c1N(C(=O)CN1C(=O)c3cccc4cccc(c34)C1=O)C(C)(C)c1ssc(=S)c1-2. The molecule has 0 aliphatic carbocycles. The van der Waals surface area contributed by atoms with Gasteiger partial charge in [-0.2, -0.15) is 0 Å². The number of hydrogen-bond acceptors (Lipinski definition) is 7. The first kappa shape index (κ1) is 24.0. The van der Waals surface area contributed by atoms with E-state index in [0.29, 0.717) is 34.6 Å². The Morgan fingerprint density at radius 3 is 2.22 bits per heavy atom. The zero-order valence-corrected chi connectivity index (χ0v) is 22.8. The first-order chi connectivity index (χ1) is 17.8. The molecule has 0 atom stereocenters. The third kappa shape index (κ3) is 3.41. The Hall–Kier alpha value is -3.40. The van der Waals surface area contributed by atoms with Crippen molar-refractivity contribution in [2.24, 2.45) is 0 Å². The number of fused-ring (bicyclic) bond motifs is 3. The molecule has 0 fully saturated rings. The van der Waals surface area contributed by atoms with Gasteiger partial charge in [-0.3, -0.25) is 24.2 Å². The van der Waals surface area contributed by atoms with Crippen LogP contribution in [0.15, 0.2) is 54.6 Å². The fraction of sp³-hybridized carbons (Fsp3) is 0.214. The summed E-state index contributed by atoms with van der Waals surface area (Å²) in [5.41, 5.74) is 2.45. The third-order valence-corrected chi connectivity index (χ3v) is 10.3. The highest BCUT2D eigenvalue weighted by molar-refractivity contribution is 7.80. The highest BCUT2D eigenvalue weighted by atomic mass is 32.9. The monoisotopic (exact) mass is 546 g/mol. The summed E-state index contributed by atoms with van der Waals surface area (Å²) < 4.78 is 6.72. The number of imide groups is 1. The van der Waals surface area contributed by atoms with Crippen LogP contribution in [0.1, 0.15) is 46.4 Å².